The maximum atomic E-state index is 12.0. The third kappa shape index (κ3) is 6.77. The van der Waals surface area contributed by atoms with Gasteiger partial charge in [0.1, 0.15) is 0 Å². The Morgan fingerprint density at radius 2 is 1.65 bits per heavy atom. The van der Waals surface area contributed by atoms with Gasteiger partial charge in [0.2, 0.25) is 0 Å². The van der Waals surface area contributed by atoms with Gasteiger partial charge in [0.25, 0.3) is 0 Å². The molecule has 5 nitrogen and oxygen atoms in total. The summed E-state index contributed by atoms with van der Waals surface area (Å²) in [7, 11) is 2.63. The molecular weight excluding hydrogens is 241 g/mol. The van der Waals surface area contributed by atoms with Gasteiger partial charge in [-0.05, 0) is 7.05 Å². The number of rotatable bonds is 6. The summed E-state index contributed by atoms with van der Waals surface area (Å²) in [6.45, 7) is 0.309. The molecule has 0 aliphatic rings. The number of carbonyl (C=O) groups excluding carboxylic acids is 1. The number of aliphatic carboxylic acids is 1. The molecule has 0 unspecified atom stereocenters. The Balaban J connectivity index is 3.95. The van der Waals surface area contributed by atoms with E-state index in [1.54, 1.807) is 11.9 Å². The molecule has 0 atom stereocenters. The van der Waals surface area contributed by atoms with Crippen LogP contribution >= 0.6 is 0 Å². The predicted octanol–water partition coefficient (Wildman–Crippen LogP) is 0.414. The summed E-state index contributed by atoms with van der Waals surface area (Å²) in [5.74, 6) is -2.87. The molecular formula is C9H15F3N2O3. The van der Waals surface area contributed by atoms with E-state index in [0.29, 0.717) is 4.90 Å². The standard InChI is InChI=1S/C9H15F3N2O3/c1-13(4-3-7(15)16)5-6-14(2)8(17)9(10,11)12/h3-6H2,1-2H3,(H,15,16). The molecule has 0 fully saturated rings. The van der Waals surface area contributed by atoms with Crippen LogP contribution in [0.25, 0.3) is 0 Å². The van der Waals surface area contributed by atoms with Gasteiger partial charge in [-0.2, -0.15) is 13.2 Å². The average Bonchev–Trinajstić information content (AvgIpc) is 2.20. The van der Waals surface area contributed by atoms with E-state index >= 15 is 0 Å². The van der Waals surface area contributed by atoms with Crippen molar-refractivity contribution in [2.24, 2.45) is 0 Å². The Hall–Kier alpha value is -1.31. The van der Waals surface area contributed by atoms with E-state index in [1.165, 1.54) is 0 Å². The Morgan fingerprint density at radius 1 is 1.12 bits per heavy atom. The molecule has 100 valence electrons. The number of carbonyl (C=O) groups is 2. The van der Waals surface area contributed by atoms with Crippen LogP contribution < -0.4 is 0 Å². The number of alkyl halides is 3. The van der Waals surface area contributed by atoms with Crippen molar-refractivity contribution in [2.45, 2.75) is 12.6 Å². The number of hydrogen-bond donors (Lipinski definition) is 1. The van der Waals surface area contributed by atoms with Crippen LogP contribution in [-0.4, -0.2) is 66.7 Å². The fourth-order valence-electron chi connectivity index (χ4n) is 1.04. The fraction of sp³-hybridized carbons (Fsp3) is 0.778. The first-order valence-electron chi connectivity index (χ1n) is 4.87. The lowest BCUT2D eigenvalue weighted by molar-refractivity contribution is -0.184. The monoisotopic (exact) mass is 256 g/mol. The molecule has 0 aromatic rings. The largest absolute Gasteiger partial charge is 0.481 e. The Kier molecular flexibility index (Phi) is 5.94. The van der Waals surface area contributed by atoms with Gasteiger partial charge in [0, 0.05) is 26.7 Å². The number of amides is 1. The van der Waals surface area contributed by atoms with Crippen molar-refractivity contribution in [1.29, 1.82) is 0 Å². The van der Waals surface area contributed by atoms with Crippen molar-refractivity contribution in [2.75, 3.05) is 33.7 Å². The van der Waals surface area contributed by atoms with E-state index in [4.69, 9.17) is 5.11 Å². The first-order chi connectivity index (χ1) is 7.64. The number of carboxylic acids is 1. The highest BCUT2D eigenvalue weighted by Gasteiger charge is 2.40. The third-order valence-corrected chi connectivity index (χ3v) is 2.11. The molecule has 1 amide bonds. The highest BCUT2D eigenvalue weighted by atomic mass is 19.4. The van der Waals surface area contributed by atoms with Crippen molar-refractivity contribution >= 4 is 11.9 Å². The second-order valence-electron chi connectivity index (χ2n) is 3.67. The Morgan fingerprint density at radius 3 is 2.06 bits per heavy atom. The number of hydrogen-bond acceptors (Lipinski definition) is 3. The summed E-state index contributed by atoms with van der Waals surface area (Å²) >= 11 is 0. The molecule has 0 aromatic carbocycles. The minimum Gasteiger partial charge on any atom is -0.481 e. The smallest absolute Gasteiger partial charge is 0.471 e. The summed E-state index contributed by atoms with van der Waals surface area (Å²) in [6, 6.07) is 0. The van der Waals surface area contributed by atoms with Gasteiger partial charge in [-0.25, -0.2) is 0 Å². The van der Waals surface area contributed by atoms with Gasteiger partial charge in [-0.3, -0.25) is 9.59 Å². The van der Waals surface area contributed by atoms with Crippen molar-refractivity contribution < 1.29 is 27.9 Å². The van der Waals surface area contributed by atoms with E-state index in [2.05, 4.69) is 0 Å². The number of nitrogens with zero attached hydrogens (tertiary/aromatic N) is 2. The van der Waals surface area contributed by atoms with Crippen molar-refractivity contribution in [3.05, 3.63) is 0 Å². The lowest BCUT2D eigenvalue weighted by Gasteiger charge is -2.22. The molecule has 0 bridgehead atoms. The van der Waals surface area contributed by atoms with E-state index in [1.807, 2.05) is 0 Å². The normalized spacial score (nSPS) is 11.6. The molecule has 0 heterocycles. The highest BCUT2D eigenvalue weighted by Crippen LogP contribution is 2.17. The molecule has 0 spiro atoms. The SMILES string of the molecule is CN(CCC(=O)O)CCN(C)C(=O)C(F)(F)F. The lowest BCUT2D eigenvalue weighted by atomic mass is 10.4. The predicted molar refractivity (Wildman–Crippen MR) is 53.4 cm³/mol. The van der Waals surface area contributed by atoms with Gasteiger partial charge >= 0.3 is 18.1 Å². The zero-order chi connectivity index (χ0) is 13.6. The van der Waals surface area contributed by atoms with Crippen LogP contribution in [0.5, 0.6) is 0 Å². The summed E-state index contributed by atoms with van der Waals surface area (Å²) in [5, 5.41) is 8.39. The first kappa shape index (κ1) is 15.7. The summed E-state index contributed by atoms with van der Waals surface area (Å²) in [4.78, 5) is 23.1. The maximum absolute atomic E-state index is 12.0. The molecule has 0 aliphatic carbocycles. The number of carboxylic acid groups (broad SMARTS) is 1. The Bertz CT molecular complexity index is 281. The highest BCUT2D eigenvalue weighted by molar-refractivity contribution is 5.81. The summed E-state index contributed by atoms with van der Waals surface area (Å²) in [6.07, 6.45) is -4.96. The van der Waals surface area contributed by atoms with Gasteiger partial charge in [0.05, 0.1) is 6.42 Å². The van der Waals surface area contributed by atoms with E-state index < -0.39 is 18.1 Å². The second-order valence-corrected chi connectivity index (χ2v) is 3.67. The molecule has 1 N–H and O–H groups in total. The molecule has 0 aromatic heterocycles. The number of likely N-dealkylation sites (N-methyl/N-ethyl adjacent to an activating group) is 2. The average molecular weight is 256 g/mol. The minimum atomic E-state index is -4.87. The molecule has 0 radical (unpaired) electrons. The van der Waals surface area contributed by atoms with E-state index in [9.17, 15) is 22.8 Å². The van der Waals surface area contributed by atoms with Crippen LogP contribution in [0.15, 0.2) is 0 Å². The number of halogens is 3. The molecule has 17 heavy (non-hydrogen) atoms. The lowest BCUT2D eigenvalue weighted by Crippen LogP contribution is -2.42. The van der Waals surface area contributed by atoms with E-state index in [-0.39, 0.29) is 26.1 Å². The van der Waals surface area contributed by atoms with Gasteiger partial charge < -0.3 is 14.9 Å². The van der Waals surface area contributed by atoms with Crippen molar-refractivity contribution in [3.8, 4) is 0 Å². The molecule has 0 saturated heterocycles. The summed E-state index contributed by atoms with van der Waals surface area (Å²) < 4.78 is 36.0. The molecule has 0 aliphatic heterocycles. The zero-order valence-electron chi connectivity index (χ0n) is 9.62. The first-order valence-corrected chi connectivity index (χ1v) is 4.87. The molecule has 0 saturated carbocycles. The third-order valence-electron chi connectivity index (χ3n) is 2.11. The van der Waals surface area contributed by atoms with E-state index in [0.717, 1.165) is 7.05 Å². The minimum absolute atomic E-state index is 0.0898. The van der Waals surface area contributed by atoms with Crippen LogP contribution in [0.2, 0.25) is 0 Å². The van der Waals surface area contributed by atoms with Crippen molar-refractivity contribution in [3.63, 3.8) is 0 Å². The van der Waals surface area contributed by atoms with Crippen LogP contribution in [0.1, 0.15) is 6.42 Å². The van der Waals surface area contributed by atoms with Crippen LogP contribution in [-0.2, 0) is 9.59 Å². The fourth-order valence-corrected chi connectivity index (χ4v) is 1.04. The topological polar surface area (TPSA) is 60.9 Å². The van der Waals surface area contributed by atoms with Gasteiger partial charge in [-0.15, -0.1) is 0 Å². The van der Waals surface area contributed by atoms with Crippen LogP contribution in [0.4, 0.5) is 13.2 Å². The maximum Gasteiger partial charge on any atom is 0.471 e. The Labute approximate surface area is 96.8 Å². The summed E-state index contributed by atoms with van der Waals surface area (Å²) in [5.41, 5.74) is 0. The molecule has 0 rings (SSSR count). The van der Waals surface area contributed by atoms with Crippen LogP contribution in [0, 0.1) is 0 Å². The van der Waals surface area contributed by atoms with Crippen LogP contribution in [0.3, 0.4) is 0 Å². The van der Waals surface area contributed by atoms with Crippen molar-refractivity contribution in [1.82, 2.24) is 9.80 Å². The molecule has 8 heteroatoms. The van der Waals surface area contributed by atoms with Gasteiger partial charge in [-0.1, -0.05) is 0 Å². The van der Waals surface area contributed by atoms with Gasteiger partial charge in [0.15, 0.2) is 0 Å². The quantitative estimate of drug-likeness (QED) is 0.748. The zero-order valence-corrected chi connectivity index (χ0v) is 9.62. The second kappa shape index (κ2) is 6.43.